The van der Waals surface area contributed by atoms with E-state index in [1.807, 2.05) is 12.1 Å². The zero-order valence-corrected chi connectivity index (χ0v) is 24.9. The third-order valence-corrected chi connectivity index (χ3v) is 10.2. The number of aromatic carboxylic acids is 2. The van der Waals surface area contributed by atoms with E-state index in [0.29, 0.717) is 20.9 Å². The van der Waals surface area contributed by atoms with E-state index in [-0.39, 0.29) is 11.1 Å². The van der Waals surface area contributed by atoms with Gasteiger partial charge in [-0.2, -0.15) is 0 Å². The second kappa shape index (κ2) is 15.8. The standard InChI is InChI=1S/C14H8Cl2O2S2.C14H10O4S2/c15-13(17)9-5-1-3-7-11(9)19-20-12-8-4-2-6-10(12)14(16)18;15-13(16)9-5-1-3-7-11(9)19-20-12-8-4-2-6-10(12)14(17)18/h1-8H;1-8H,(H,15,16)(H,17,18). The van der Waals surface area contributed by atoms with Crippen molar-refractivity contribution in [1.29, 1.82) is 0 Å². The molecule has 4 aromatic carbocycles. The fraction of sp³-hybridized carbons (Fsp3) is 0. The van der Waals surface area contributed by atoms with Crippen molar-refractivity contribution in [1.82, 2.24) is 0 Å². The van der Waals surface area contributed by atoms with Crippen LogP contribution < -0.4 is 0 Å². The van der Waals surface area contributed by atoms with Gasteiger partial charge in [0.25, 0.3) is 10.5 Å². The van der Waals surface area contributed by atoms with Crippen LogP contribution in [0.1, 0.15) is 41.4 Å². The van der Waals surface area contributed by atoms with Gasteiger partial charge < -0.3 is 10.2 Å². The quantitative estimate of drug-likeness (QED) is 0.128. The molecule has 0 bridgehead atoms. The monoisotopic (exact) mass is 648 g/mol. The second-order valence-electron chi connectivity index (χ2n) is 7.48. The van der Waals surface area contributed by atoms with E-state index in [9.17, 15) is 19.2 Å². The van der Waals surface area contributed by atoms with Gasteiger partial charge >= 0.3 is 11.9 Å². The van der Waals surface area contributed by atoms with Crippen LogP contribution in [0.4, 0.5) is 0 Å². The summed E-state index contributed by atoms with van der Waals surface area (Å²) in [6, 6.07) is 27.3. The Morgan fingerprint density at radius 2 is 0.650 bits per heavy atom. The van der Waals surface area contributed by atoms with Crippen LogP contribution >= 0.6 is 66.4 Å². The first-order chi connectivity index (χ1) is 19.2. The number of carboxylic acids is 2. The molecule has 0 saturated carbocycles. The highest BCUT2D eigenvalue weighted by Gasteiger charge is 2.14. The number of hydrogen-bond donors (Lipinski definition) is 2. The molecule has 0 atom stereocenters. The fourth-order valence-corrected chi connectivity index (χ4v) is 8.16. The number of carbonyl (C=O) groups excluding carboxylic acids is 2. The molecule has 0 radical (unpaired) electrons. The molecule has 0 unspecified atom stereocenters. The molecule has 204 valence electrons. The van der Waals surface area contributed by atoms with Crippen molar-refractivity contribution in [2.24, 2.45) is 0 Å². The molecule has 4 aromatic rings. The maximum atomic E-state index is 11.3. The summed E-state index contributed by atoms with van der Waals surface area (Å²) < 4.78 is 0. The Balaban J connectivity index is 0.000000220. The lowest BCUT2D eigenvalue weighted by molar-refractivity contribution is 0.0682. The largest absolute Gasteiger partial charge is 0.478 e. The summed E-state index contributed by atoms with van der Waals surface area (Å²) >= 11 is 11.1. The minimum Gasteiger partial charge on any atom is -0.478 e. The molecule has 6 nitrogen and oxygen atoms in total. The van der Waals surface area contributed by atoms with E-state index in [0.717, 1.165) is 9.79 Å². The lowest BCUT2D eigenvalue weighted by Crippen LogP contribution is -1.98. The zero-order valence-electron chi connectivity index (χ0n) is 20.2. The van der Waals surface area contributed by atoms with Gasteiger partial charge in [-0.3, -0.25) is 9.59 Å². The summed E-state index contributed by atoms with van der Waals surface area (Å²) in [6.07, 6.45) is 0. The maximum absolute atomic E-state index is 11.3. The van der Waals surface area contributed by atoms with Crippen LogP contribution in [-0.2, 0) is 0 Å². The molecule has 0 aliphatic heterocycles. The van der Waals surface area contributed by atoms with Crippen molar-refractivity contribution >= 4 is 88.8 Å². The number of benzene rings is 4. The van der Waals surface area contributed by atoms with Crippen LogP contribution in [0.25, 0.3) is 0 Å². The molecular formula is C28H18Cl2O6S4. The normalized spacial score (nSPS) is 10.2. The molecule has 0 saturated heterocycles. The van der Waals surface area contributed by atoms with E-state index < -0.39 is 22.4 Å². The molecule has 4 rings (SSSR count). The Hall–Kier alpha value is -2.86. The Kier molecular flexibility index (Phi) is 12.5. The van der Waals surface area contributed by atoms with E-state index >= 15 is 0 Å². The van der Waals surface area contributed by atoms with E-state index in [2.05, 4.69) is 0 Å². The van der Waals surface area contributed by atoms with Crippen molar-refractivity contribution in [2.75, 3.05) is 0 Å². The van der Waals surface area contributed by atoms with Gasteiger partial charge in [-0.15, -0.1) is 0 Å². The molecule has 40 heavy (non-hydrogen) atoms. The summed E-state index contributed by atoms with van der Waals surface area (Å²) in [4.78, 5) is 47.5. The van der Waals surface area contributed by atoms with E-state index in [1.54, 1.807) is 72.8 Å². The van der Waals surface area contributed by atoms with Gasteiger partial charge in [0.2, 0.25) is 0 Å². The summed E-state index contributed by atoms with van der Waals surface area (Å²) in [5.41, 5.74) is 1.30. The smallest absolute Gasteiger partial charge is 0.336 e. The topological polar surface area (TPSA) is 109 Å². The predicted molar refractivity (Wildman–Crippen MR) is 163 cm³/mol. The summed E-state index contributed by atoms with van der Waals surface area (Å²) in [5.74, 6) is -2.00. The Morgan fingerprint density at radius 3 is 0.900 bits per heavy atom. The molecular weight excluding hydrogens is 631 g/mol. The highest BCUT2D eigenvalue weighted by Crippen LogP contribution is 2.41. The van der Waals surface area contributed by atoms with Crippen LogP contribution in [0.2, 0.25) is 0 Å². The van der Waals surface area contributed by atoms with Gasteiger partial charge in [-0.05, 0) is 71.7 Å². The number of halogens is 2. The molecule has 0 spiro atoms. The van der Waals surface area contributed by atoms with Crippen LogP contribution in [0.15, 0.2) is 117 Å². The fourth-order valence-electron chi connectivity index (χ4n) is 3.01. The van der Waals surface area contributed by atoms with Gasteiger partial charge in [0, 0.05) is 30.7 Å². The minimum absolute atomic E-state index is 0.206. The molecule has 0 aliphatic carbocycles. The van der Waals surface area contributed by atoms with Crippen molar-refractivity contribution < 1.29 is 29.4 Å². The Labute approximate surface area is 255 Å². The number of carboxylic acid groups (broad SMARTS) is 2. The third kappa shape index (κ3) is 9.09. The van der Waals surface area contributed by atoms with Crippen LogP contribution in [0, 0.1) is 0 Å². The molecule has 12 heteroatoms. The molecule has 0 aromatic heterocycles. The van der Waals surface area contributed by atoms with Crippen molar-refractivity contribution in [3.05, 3.63) is 119 Å². The number of carbonyl (C=O) groups is 4. The van der Waals surface area contributed by atoms with E-state index in [1.165, 1.54) is 55.3 Å². The highest BCUT2D eigenvalue weighted by molar-refractivity contribution is 8.77. The first-order valence-electron chi connectivity index (χ1n) is 11.1. The summed E-state index contributed by atoms with van der Waals surface area (Å²) in [6.45, 7) is 0. The zero-order chi connectivity index (χ0) is 29.1. The lowest BCUT2D eigenvalue weighted by Gasteiger charge is -2.07. The van der Waals surface area contributed by atoms with Gasteiger partial charge in [0.1, 0.15) is 0 Å². The third-order valence-electron chi connectivity index (χ3n) is 4.88. The van der Waals surface area contributed by atoms with Gasteiger partial charge in [-0.1, -0.05) is 91.7 Å². The van der Waals surface area contributed by atoms with Gasteiger partial charge in [-0.25, -0.2) is 9.59 Å². The number of hydrogen-bond acceptors (Lipinski definition) is 8. The minimum atomic E-state index is -1.000. The molecule has 2 N–H and O–H groups in total. The predicted octanol–water partition coefficient (Wildman–Crippen LogP) is 9.13. The van der Waals surface area contributed by atoms with Gasteiger partial charge in [0.05, 0.1) is 11.1 Å². The van der Waals surface area contributed by atoms with Crippen molar-refractivity contribution in [2.45, 2.75) is 19.6 Å². The van der Waals surface area contributed by atoms with Crippen molar-refractivity contribution in [3.8, 4) is 0 Å². The van der Waals surface area contributed by atoms with E-state index in [4.69, 9.17) is 33.4 Å². The SMILES string of the molecule is O=C(Cl)c1ccccc1SSc1ccccc1C(=O)Cl.O=C(O)c1ccccc1SSc1ccccc1C(=O)O. The molecule has 0 heterocycles. The lowest BCUT2D eigenvalue weighted by atomic mass is 10.2. The Bertz CT molecular complexity index is 1320. The number of rotatable bonds is 10. The first-order valence-corrected chi connectivity index (χ1v) is 16.2. The first kappa shape index (κ1) is 31.7. The van der Waals surface area contributed by atoms with Crippen LogP contribution in [0.3, 0.4) is 0 Å². The highest BCUT2D eigenvalue weighted by atomic mass is 35.5. The molecule has 0 fully saturated rings. The maximum Gasteiger partial charge on any atom is 0.336 e. The average molecular weight is 650 g/mol. The Morgan fingerprint density at radius 1 is 0.425 bits per heavy atom. The molecule has 0 aliphatic rings. The van der Waals surface area contributed by atoms with Crippen LogP contribution in [0.5, 0.6) is 0 Å². The summed E-state index contributed by atoms with van der Waals surface area (Å²) in [7, 11) is 5.19. The van der Waals surface area contributed by atoms with Gasteiger partial charge in [0.15, 0.2) is 0 Å². The second-order valence-corrected chi connectivity index (χ2v) is 12.6. The van der Waals surface area contributed by atoms with Crippen LogP contribution in [-0.4, -0.2) is 32.6 Å². The average Bonchev–Trinajstić information content (AvgIpc) is 2.95. The molecule has 0 amide bonds. The van der Waals surface area contributed by atoms with Crippen molar-refractivity contribution in [3.63, 3.8) is 0 Å². The summed E-state index contributed by atoms with van der Waals surface area (Å²) in [5, 5.41) is 17.2.